The molecule has 1 heterocycles. The molecule has 0 amide bonds. The second kappa shape index (κ2) is 6.52. The molecule has 2 rings (SSSR count). The van der Waals surface area contributed by atoms with E-state index in [1.165, 1.54) is 6.07 Å². The van der Waals surface area contributed by atoms with E-state index in [0.717, 1.165) is 12.1 Å². The Kier molecular flexibility index (Phi) is 4.74. The molecule has 1 aromatic heterocycles. The Hall–Kier alpha value is -1.88. The van der Waals surface area contributed by atoms with Crippen LogP contribution in [0.5, 0.6) is 11.5 Å². The van der Waals surface area contributed by atoms with E-state index < -0.39 is 0 Å². The molecule has 0 saturated carbocycles. The average molecular weight is 277 g/mol. The molecular weight excluding hydrogens is 257 g/mol. The van der Waals surface area contributed by atoms with E-state index >= 15 is 0 Å². The van der Waals surface area contributed by atoms with Crippen molar-refractivity contribution in [2.45, 2.75) is 33.4 Å². The molecular formula is C15H20FN3O. The molecule has 0 saturated heterocycles. The van der Waals surface area contributed by atoms with Crippen LogP contribution in [0.25, 0.3) is 0 Å². The van der Waals surface area contributed by atoms with Crippen LogP contribution >= 0.6 is 0 Å². The van der Waals surface area contributed by atoms with E-state index in [1.54, 1.807) is 23.1 Å². The van der Waals surface area contributed by atoms with Gasteiger partial charge >= 0.3 is 0 Å². The van der Waals surface area contributed by atoms with Gasteiger partial charge in [-0.05, 0) is 38.1 Å². The molecule has 2 aromatic rings. The lowest BCUT2D eigenvalue weighted by Gasteiger charge is -2.07. The Bertz CT molecular complexity index is 566. The molecule has 0 unspecified atom stereocenters. The maximum absolute atomic E-state index is 13.9. The number of hydrogen-bond donors (Lipinski definition) is 1. The van der Waals surface area contributed by atoms with Crippen LogP contribution in [-0.2, 0) is 6.54 Å². The van der Waals surface area contributed by atoms with E-state index in [2.05, 4.69) is 10.4 Å². The average Bonchev–Trinajstić information content (AvgIpc) is 2.88. The predicted molar refractivity (Wildman–Crippen MR) is 76.5 cm³/mol. The van der Waals surface area contributed by atoms with Crippen molar-refractivity contribution in [3.63, 3.8) is 0 Å². The Labute approximate surface area is 118 Å². The van der Waals surface area contributed by atoms with Gasteiger partial charge in [-0.2, -0.15) is 5.10 Å². The minimum Gasteiger partial charge on any atom is -0.451 e. The number of nitrogens with one attached hydrogen (secondary N) is 1. The molecule has 0 fully saturated rings. The Morgan fingerprint density at radius 1 is 1.40 bits per heavy atom. The van der Waals surface area contributed by atoms with E-state index in [9.17, 15) is 4.39 Å². The van der Waals surface area contributed by atoms with Crippen molar-refractivity contribution in [1.29, 1.82) is 0 Å². The summed E-state index contributed by atoms with van der Waals surface area (Å²) in [5.74, 6) is 0.392. The minimum atomic E-state index is -0.363. The summed E-state index contributed by atoms with van der Waals surface area (Å²) in [4.78, 5) is 0. The van der Waals surface area contributed by atoms with Crippen molar-refractivity contribution < 1.29 is 9.13 Å². The van der Waals surface area contributed by atoms with Crippen molar-refractivity contribution in [1.82, 2.24) is 15.1 Å². The molecule has 0 aliphatic heterocycles. The van der Waals surface area contributed by atoms with Crippen LogP contribution in [0.2, 0.25) is 0 Å². The van der Waals surface area contributed by atoms with Gasteiger partial charge < -0.3 is 10.1 Å². The summed E-state index contributed by atoms with van der Waals surface area (Å²) in [5.41, 5.74) is 0.898. The first-order chi connectivity index (χ1) is 9.60. The van der Waals surface area contributed by atoms with Gasteiger partial charge in [0.05, 0.1) is 12.4 Å². The molecule has 0 atom stereocenters. The number of hydrogen-bond acceptors (Lipinski definition) is 3. The fourth-order valence-electron chi connectivity index (χ4n) is 1.79. The van der Waals surface area contributed by atoms with Gasteiger partial charge in [0.1, 0.15) is 0 Å². The van der Waals surface area contributed by atoms with Gasteiger partial charge in [0.25, 0.3) is 0 Å². The lowest BCUT2D eigenvalue weighted by Crippen LogP contribution is -2.11. The van der Waals surface area contributed by atoms with Gasteiger partial charge in [0, 0.05) is 12.6 Å². The molecule has 1 aromatic carbocycles. The molecule has 5 heteroatoms. The summed E-state index contributed by atoms with van der Waals surface area (Å²) in [6.45, 7) is 7.56. The first-order valence-electron chi connectivity index (χ1n) is 6.81. The number of ether oxygens (including phenoxy) is 1. The third-order valence-corrected chi connectivity index (χ3v) is 2.91. The fourth-order valence-corrected chi connectivity index (χ4v) is 1.79. The highest BCUT2D eigenvalue weighted by molar-refractivity contribution is 5.33. The summed E-state index contributed by atoms with van der Waals surface area (Å²) in [6, 6.07) is 5.24. The summed E-state index contributed by atoms with van der Waals surface area (Å²) in [7, 11) is 0. The van der Waals surface area contributed by atoms with Crippen LogP contribution in [0.1, 0.15) is 32.4 Å². The van der Waals surface area contributed by atoms with Gasteiger partial charge in [-0.15, -0.1) is 0 Å². The Morgan fingerprint density at radius 2 is 2.20 bits per heavy atom. The zero-order valence-corrected chi connectivity index (χ0v) is 12.1. The van der Waals surface area contributed by atoms with Crippen molar-refractivity contribution in [3.8, 4) is 11.5 Å². The molecule has 4 nitrogen and oxygen atoms in total. The molecule has 0 aliphatic carbocycles. The number of halogens is 1. The summed E-state index contributed by atoms with van der Waals surface area (Å²) < 4.78 is 21.2. The van der Waals surface area contributed by atoms with E-state index in [-0.39, 0.29) is 17.6 Å². The van der Waals surface area contributed by atoms with Crippen molar-refractivity contribution in [2.75, 3.05) is 6.54 Å². The quantitative estimate of drug-likeness (QED) is 0.878. The minimum absolute atomic E-state index is 0.216. The van der Waals surface area contributed by atoms with Crippen molar-refractivity contribution >= 4 is 0 Å². The first-order valence-corrected chi connectivity index (χ1v) is 6.81. The van der Waals surface area contributed by atoms with Crippen LogP contribution in [0.4, 0.5) is 4.39 Å². The van der Waals surface area contributed by atoms with Crippen LogP contribution < -0.4 is 10.1 Å². The van der Waals surface area contributed by atoms with Crippen LogP contribution in [0.15, 0.2) is 30.6 Å². The standard InChI is InChI=1S/C15H20FN3O/c1-4-17-8-12-5-6-15(14(16)7-12)20-13-9-18-19(10-13)11(2)3/h5-7,9-11,17H,4,8H2,1-3H3. The van der Waals surface area contributed by atoms with Crippen LogP contribution in [0.3, 0.4) is 0 Å². The highest BCUT2D eigenvalue weighted by atomic mass is 19.1. The molecule has 0 spiro atoms. The smallest absolute Gasteiger partial charge is 0.166 e. The molecule has 0 radical (unpaired) electrons. The largest absolute Gasteiger partial charge is 0.451 e. The van der Waals surface area contributed by atoms with Gasteiger partial charge in [-0.3, -0.25) is 4.68 Å². The second-order valence-corrected chi connectivity index (χ2v) is 4.90. The SMILES string of the molecule is CCNCc1ccc(Oc2cnn(C(C)C)c2)c(F)c1. The Balaban J connectivity index is 2.08. The van der Waals surface area contributed by atoms with Gasteiger partial charge in [0.2, 0.25) is 0 Å². The molecule has 20 heavy (non-hydrogen) atoms. The van der Waals surface area contributed by atoms with E-state index in [4.69, 9.17) is 4.74 Å². The predicted octanol–water partition coefficient (Wildman–Crippen LogP) is 3.50. The topological polar surface area (TPSA) is 39.1 Å². The fraction of sp³-hybridized carbons (Fsp3) is 0.400. The van der Waals surface area contributed by atoms with Crippen molar-refractivity contribution in [2.24, 2.45) is 0 Å². The van der Waals surface area contributed by atoms with Gasteiger partial charge in [-0.1, -0.05) is 13.0 Å². The lowest BCUT2D eigenvalue weighted by atomic mass is 10.2. The molecule has 1 N–H and O–H groups in total. The maximum atomic E-state index is 13.9. The van der Waals surface area contributed by atoms with Gasteiger partial charge in [-0.25, -0.2) is 4.39 Å². The molecule has 108 valence electrons. The van der Waals surface area contributed by atoms with Gasteiger partial charge in [0.15, 0.2) is 17.3 Å². The van der Waals surface area contributed by atoms with E-state index in [0.29, 0.717) is 12.3 Å². The maximum Gasteiger partial charge on any atom is 0.166 e. The number of benzene rings is 1. The zero-order valence-electron chi connectivity index (χ0n) is 12.1. The summed E-state index contributed by atoms with van der Waals surface area (Å²) >= 11 is 0. The number of nitrogens with zero attached hydrogens (tertiary/aromatic N) is 2. The molecule has 0 bridgehead atoms. The third-order valence-electron chi connectivity index (χ3n) is 2.91. The number of aromatic nitrogens is 2. The van der Waals surface area contributed by atoms with E-state index in [1.807, 2.05) is 26.8 Å². The number of rotatable bonds is 6. The summed E-state index contributed by atoms with van der Waals surface area (Å²) in [6.07, 6.45) is 3.35. The highest BCUT2D eigenvalue weighted by Crippen LogP contribution is 2.25. The molecule has 0 aliphatic rings. The summed E-state index contributed by atoms with van der Waals surface area (Å²) in [5, 5.41) is 7.31. The second-order valence-electron chi connectivity index (χ2n) is 4.90. The monoisotopic (exact) mass is 277 g/mol. The Morgan fingerprint density at radius 3 is 2.80 bits per heavy atom. The first kappa shape index (κ1) is 14.5. The highest BCUT2D eigenvalue weighted by Gasteiger charge is 2.08. The van der Waals surface area contributed by atoms with Crippen LogP contribution in [-0.4, -0.2) is 16.3 Å². The normalized spacial score (nSPS) is 11.1. The third kappa shape index (κ3) is 3.57. The van der Waals surface area contributed by atoms with Crippen LogP contribution in [0, 0.1) is 5.82 Å². The zero-order chi connectivity index (χ0) is 14.5. The lowest BCUT2D eigenvalue weighted by molar-refractivity contribution is 0.439. The van der Waals surface area contributed by atoms with Crippen molar-refractivity contribution in [3.05, 3.63) is 42.0 Å².